The van der Waals surface area contributed by atoms with Gasteiger partial charge in [-0.05, 0) is 59.7 Å². The lowest BCUT2D eigenvalue weighted by Gasteiger charge is -2.29. The average Bonchev–Trinajstić information content (AvgIpc) is 3.72. The summed E-state index contributed by atoms with van der Waals surface area (Å²) in [5.74, 6) is 1.54. The fourth-order valence-electron chi connectivity index (χ4n) is 4.73. The molecule has 2 atom stereocenters. The average molecular weight is 511 g/mol. The molecule has 3 aromatic rings. The Labute approximate surface area is 224 Å². The van der Waals surface area contributed by atoms with Crippen LogP contribution in [0.1, 0.15) is 42.9 Å². The van der Waals surface area contributed by atoms with Crippen LogP contribution in [0.25, 0.3) is 11.1 Å². The molecule has 1 fully saturated rings. The van der Waals surface area contributed by atoms with Crippen molar-refractivity contribution in [1.29, 1.82) is 0 Å². The molecule has 196 valence electrons. The van der Waals surface area contributed by atoms with Crippen molar-refractivity contribution in [1.82, 2.24) is 5.32 Å². The van der Waals surface area contributed by atoms with Gasteiger partial charge in [0.05, 0.1) is 6.61 Å². The highest BCUT2D eigenvalue weighted by atomic mass is 16.5. The number of benzene rings is 3. The number of aliphatic imine (C=N–C) groups is 1. The molecule has 0 unspecified atom stereocenters. The summed E-state index contributed by atoms with van der Waals surface area (Å²) in [6.45, 7) is 5.13. The second kappa shape index (κ2) is 11.7. The van der Waals surface area contributed by atoms with Gasteiger partial charge in [0, 0.05) is 31.6 Å². The molecule has 1 aliphatic heterocycles. The summed E-state index contributed by atoms with van der Waals surface area (Å²) >= 11 is 0. The summed E-state index contributed by atoms with van der Waals surface area (Å²) < 4.78 is 12.2. The highest BCUT2D eigenvalue weighted by Gasteiger charge is 2.52. The Kier molecular flexibility index (Phi) is 7.89. The second-order valence-corrected chi connectivity index (χ2v) is 9.92. The molecule has 1 heterocycles. The topological polar surface area (TPSA) is 80.2 Å². The maximum absolute atomic E-state index is 13.8. The van der Waals surface area contributed by atoms with E-state index in [9.17, 15) is 4.79 Å². The molecule has 1 amide bonds. The molecule has 0 radical (unpaired) electrons. The van der Waals surface area contributed by atoms with Crippen molar-refractivity contribution >= 4 is 11.8 Å². The molecular weight excluding hydrogens is 476 g/mol. The van der Waals surface area contributed by atoms with Gasteiger partial charge in [0.1, 0.15) is 5.75 Å². The molecule has 6 heteroatoms. The number of amides is 1. The Morgan fingerprint density at radius 2 is 1.71 bits per heavy atom. The second-order valence-electron chi connectivity index (χ2n) is 9.92. The zero-order valence-corrected chi connectivity index (χ0v) is 21.5. The Morgan fingerprint density at radius 1 is 1.03 bits per heavy atom. The summed E-state index contributed by atoms with van der Waals surface area (Å²) in [5.41, 5.74) is 2.72. The number of ether oxygens (including phenoxy) is 2. The van der Waals surface area contributed by atoms with E-state index in [0.717, 1.165) is 35.1 Å². The van der Waals surface area contributed by atoms with Crippen LogP contribution in [0.3, 0.4) is 0 Å². The van der Waals surface area contributed by atoms with Crippen LogP contribution >= 0.6 is 0 Å². The summed E-state index contributed by atoms with van der Waals surface area (Å²) in [7, 11) is 0. The molecule has 0 saturated heterocycles. The van der Waals surface area contributed by atoms with Crippen molar-refractivity contribution in [3.63, 3.8) is 0 Å². The number of rotatable bonds is 12. The van der Waals surface area contributed by atoms with Gasteiger partial charge in [-0.15, -0.1) is 6.58 Å². The molecule has 1 aliphatic carbocycles. The molecule has 6 nitrogen and oxygen atoms in total. The number of aliphatic hydroxyl groups excluding tert-OH is 1. The Balaban J connectivity index is 1.45. The van der Waals surface area contributed by atoms with Crippen molar-refractivity contribution in [2.75, 3.05) is 19.8 Å². The number of aliphatic hydroxyl groups is 1. The SMILES string of the molecule is C=CC[C@@]1(C(=O)NCC2CC2)N=C(c2ccc(OCCCO)cc2)O[C@@H]1c1ccc(-c2ccccc2)cc1. The van der Waals surface area contributed by atoms with E-state index in [1.807, 2.05) is 54.6 Å². The number of hydrogen-bond acceptors (Lipinski definition) is 5. The van der Waals surface area contributed by atoms with Crippen LogP contribution < -0.4 is 10.1 Å². The van der Waals surface area contributed by atoms with Crippen molar-refractivity contribution in [3.05, 3.63) is 103 Å². The summed E-state index contributed by atoms with van der Waals surface area (Å²) in [5, 5.41) is 12.1. The van der Waals surface area contributed by atoms with Gasteiger partial charge in [-0.2, -0.15) is 0 Å². The van der Waals surface area contributed by atoms with E-state index in [4.69, 9.17) is 19.6 Å². The number of carbonyl (C=O) groups excluding carboxylic acids is 1. The third-order valence-electron chi connectivity index (χ3n) is 7.05. The van der Waals surface area contributed by atoms with Crippen molar-refractivity contribution in [2.24, 2.45) is 10.9 Å². The monoisotopic (exact) mass is 510 g/mol. The fraction of sp³-hybridized carbons (Fsp3) is 0.312. The largest absolute Gasteiger partial charge is 0.494 e. The summed E-state index contributed by atoms with van der Waals surface area (Å²) in [6.07, 6.45) is 4.37. The summed E-state index contributed by atoms with van der Waals surface area (Å²) in [4.78, 5) is 18.7. The van der Waals surface area contributed by atoms with Crippen LogP contribution in [0.4, 0.5) is 0 Å². The molecular formula is C32H34N2O4. The lowest BCUT2D eigenvalue weighted by atomic mass is 9.84. The number of nitrogens with zero attached hydrogens (tertiary/aromatic N) is 1. The maximum atomic E-state index is 13.8. The molecule has 2 N–H and O–H groups in total. The van der Waals surface area contributed by atoms with Crippen LogP contribution in [0.15, 0.2) is 96.5 Å². The third-order valence-corrected chi connectivity index (χ3v) is 7.05. The minimum absolute atomic E-state index is 0.0879. The Bertz CT molecular complexity index is 1270. The standard InChI is InChI=1S/C32H34N2O4/c1-2-19-32(31(36)33-22-23-9-10-23)29(26-13-11-25(12-14-26)24-7-4-3-5-8-24)38-30(34-32)27-15-17-28(18-16-27)37-21-6-20-35/h2-5,7-8,11-18,23,29,35H,1,6,9-10,19-22H2,(H,33,36)/t29-,32-/m1/s1. The minimum atomic E-state index is -1.16. The molecule has 2 aliphatic rings. The zero-order chi connectivity index (χ0) is 26.4. The smallest absolute Gasteiger partial charge is 0.252 e. The molecule has 0 bridgehead atoms. The van der Waals surface area contributed by atoms with E-state index in [0.29, 0.717) is 43.6 Å². The highest BCUT2D eigenvalue weighted by Crippen LogP contribution is 2.43. The van der Waals surface area contributed by atoms with Gasteiger partial charge in [-0.25, -0.2) is 4.99 Å². The first-order valence-electron chi connectivity index (χ1n) is 13.3. The highest BCUT2D eigenvalue weighted by molar-refractivity contribution is 6.01. The van der Waals surface area contributed by atoms with E-state index in [1.165, 1.54) is 0 Å². The molecule has 0 aromatic heterocycles. The van der Waals surface area contributed by atoms with Crippen molar-refractivity contribution in [2.45, 2.75) is 37.3 Å². The first-order valence-corrected chi connectivity index (χ1v) is 13.3. The van der Waals surface area contributed by atoms with Gasteiger partial charge in [-0.3, -0.25) is 4.79 Å². The van der Waals surface area contributed by atoms with Crippen LogP contribution in [0.2, 0.25) is 0 Å². The quantitative estimate of drug-likeness (QED) is 0.250. The first kappa shape index (κ1) is 25.7. The van der Waals surface area contributed by atoms with E-state index in [2.05, 4.69) is 36.2 Å². The van der Waals surface area contributed by atoms with Gasteiger partial charge in [0.25, 0.3) is 5.91 Å². The van der Waals surface area contributed by atoms with Gasteiger partial charge >= 0.3 is 0 Å². The lowest BCUT2D eigenvalue weighted by Crippen LogP contribution is -2.48. The number of hydrogen-bond donors (Lipinski definition) is 2. The predicted molar refractivity (Wildman–Crippen MR) is 149 cm³/mol. The fourth-order valence-corrected chi connectivity index (χ4v) is 4.73. The van der Waals surface area contributed by atoms with Gasteiger partial charge in [-0.1, -0.05) is 60.7 Å². The van der Waals surface area contributed by atoms with Gasteiger partial charge < -0.3 is 19.9 Å². The van der Waals surface area contributed by atoms with Gasteiger partial charge in [0.2, 0.25) is 5.90 Å². The van der Waals surface area contributed by atoms with Crippen LogP contribution in [0, 0.1) is 5.92 Å². The first-order chi connectivity index (χ1) is 18.6. The minimum Gasteiger partial charge on any atom is -0.494 e. The van der Waals surface area contributed by atoms with E-state index in [-0.39, 0.29) is 12.5 Å². The van der Waals surface area contributed by atoms with E-state index >= 15 is 0 Å². The van der Waals surface area contributed by atoms with E-state index < -0.39 is 11.6 Å². The summed E-state index contributed by atoms with van der Waals surface area (Å²) in [6, 6.07) is 25.8. The van der Waals surface area contributed by atoms with Crippen molar-refractivity contribution < 1.29 is 19.4 Å². The molecule has 38 heavy (non-hydrogen) atoms. The number of carbonyl (C=O) groups is 1. The van der Waals surface area contributed by atoms with Gasteiger partial charge in [0.15, 0.2) is 11.6 Å². The lowest BCUT2D eigenvalue weighted by molar-refractivity contribution is -0.128. The Hall–Kier alpha value is -3.90. The van der Waals surface area contributed by atoms with Crippen molar-refractivity contribution in [3.8, 4) is 16.9 Å². The molecule has 3 aromatic carbocycles. The molecule has 0 spiro atoms. The third kappa shape index (κ3) is 5.65. The van der Waals surface area contributed by atoms with Crippen LogP contribution in [-0.4, -0.2) is 42.2 Å². The molecule has 5 rings (SSSR count). The number of nitrogens with one attached hydrogen (secondary N) is 1. The molecule has 1 saturated carbocycles. The maximum Gasteiger partial charge on any atom is 0.252 e. The Morgan fingerprint density at radius 3 is 2.37 bits per heavy atom. The predicted octanol–water partition coefficient (Wildman–Crippen LogP) is 5.47. The zero-order valence-electron chi connectivity index (χ0n) is 21.5. The van der Waals surface area contributed by atoms with Crippen LogP contribution in [0.5, 0.6) is 5.75 Å². The van der Waals surface area contributed by atoms with Crippen LogP contribution in [-0.2, 0) is 9.53 Å². The normalized spacial score (nSPS) is 20.3. The van der Waals surface area contributed by atoms with E-state index in [1.54, 1.807) is 6.08 Å².